The van der Waals surface area contributed by atoms with Crippen molar-refractivity contribution in [2.45, 2.75) is 19.8 Å². The van der Waals surface area contributed by atoms with E-state index in [0.29, 0.717) is 18.7 Å². The Morgan fingerprint density at radius 3 is 2.26 bits per heavy atom. The summed E-state index contributed by atoms with van der Waals surface area (Å²) in [6.45, 7) is 3.29. The molecule has 1 rings (SSSR count). The van der Waals surface area contributed by atoms with E-state index in [2.05, 4.69) is 15.6 Å². The standard InChI is InChI=1S/C12H20N4O3/c1-4-8(13-6-5-7-16(2)3)9-10(17)14-12(19)15-11(9)18/h9H,4-7H2,1-3H3,(H2,14,15,17,18,19). The van der Waals surface area contributed by atoms with Crippen molar-refractivity contribution in [2.75, 3.05) is 27.2 Å². The number of nitrogens with one attached hydrogen (secondary N) is 2. The third kappa shape index (κ3) is 4.44. The molecule has 1 aliphatic rings. The van der Waals surface area contributed by atoms with Gasteiger partial charge in [0.2, 0.25) is 11.8 Å². The minimum absolute atomic E-state index is 0.502. The van der Waals surface area contributed by atoms with Crippen molar-refractivity contribution in [1.82, 2.24) is 15.5 Å². The second kappa shape index (κ2) is 6.98. The fraction of sp³-hybridized carbons (Fsp3) is 0.667. The first kappa shape index (κ1) is 15.3. The number of barbiturate groups is 1. The Labute approximate surface area is 112 Å². The maximum absolute atomic E-state index is 11.7. The van der Waals surface area contributed by atoms with E-state index >= 15 is 0 Å². The Kier molecular flexibility index (Phi) is 5.62. The number of carbonyl (C=O) groups excluding carboxylic acids is 3. The summed E-state index contributed by atoms with van der Waals surface area (Å²) in [5, 5.41) is 4.17. The Hall–Kier alpha value is -1.76. The van der Waals surface area contributed by atoms with Gasteiger partial charge in [0.05, 0.1) is 0 Å². The van der Waals surface area contributed by atoms with Crippen molar-refractivity contribution in [1.29, 1.82) is 0 Å². The molecule has 0 radical (unpaired) electrons. The summed E-state index contributed by atoms with van der Waals surface area (Å²) in [4.78, 5) is 40.7. The van der Waals surface area contributed by atoms with Crippen LogP contribution in [-0.2, 0) is 9.59 Å². The molecule has 0 bridgehead atoms. The number of hydrogen-bond acceptors (Lipinski definition) is 5. The first-order valence-electron chi connectivity index (χ1n) is 6.29. The quantitative estimate of drug-likeness (QED) is 0.395. The zero-order valence-corrected chi connectivity index (χ0v) is 11.5. The fourth-order valence-electron chi connectivity index (χ4n) is 1.84. The van der Waals surface area contributed by atoms with Crippen LogP contribution in [0.15, 0.2) is 4.99 Å². The predicted molar refractivity (Wildman–Crippen MR) is 70.9 cm³/mol. The lowest BCUT2D eigenvalue weighted by atomic mass is 9.97. The summed E-state index contributed by atoms with van der Waals surface area (Å²) >= 11 is 0. The molecule has 0 spiro atoms. The lowest BCUT2D eigenvalue weighted by Gasteiger charge is -2.21. The van der Waals surface area contributed by atoms with Gasteiger partial charge in [-0.1, -0.05) is 6.92 Å². The third-order valence-corrected chi connectivity index (χ3v) is 2.77. The highest BCUT2D eigenvalue weighted by Crippen LogP contribution is 2.08. The van der Waals surface area contributed by atoms with Gasteiger partial charge in [-0.25, -0.2) is 4.79 Å². The average molecular weight is 268 g/mol. The van der Waals surface area contributed by atoms with E-state index in [1.54, 1.807) is 0 Å². The molecule has 1 heterocycles. The SMILES string of the molecule is CCC(=NCCCN(C)C)C1C(=O)NC(=O)NC1=O. The van der Waals surface area contributed by atoms with Crippen LogP contribution in [0.1, 0.15) is 19.8 Å². The van der Waals surface area contributed by atoms with E-state index in [0.717, 1.165) is 13.0 Å². The largest absolute Gasteiger partial charge is 0.328 e. The van der Waals surface area contributed by atoms with Crippen LogP contribution in [0.3, 0.4) is 0 Å². The van der Waals surface area contributed by atoms with Gasteiger partial charge in [-0.3, -0.25) is 25.2 Å². The molecular formula is C12H20N4O3. The van der Waals surface area contributed by atoms with Gasteiger partial charge in [-0.05, 0) is 33.5 Å². The van der Waals surface area contributed by atoms with Crippen LogP contribution in [0.25, 0.3) is 0 Å². The molecule has 106 valence electrons. The van der Waals surface area contributed by atoms with Crippen molar-refractivity contribution in [2.24, 2.45) is 10.9 Å². The summed E-state index contributed by atoms with van der Waals surface area (Å²) < 4.78 is 0. The highest BCUT2D eigenvalue weighted by atomic mass is 16.2. The van der Waals surface area contributed by atoms with Crippen molar-refractivity contribution >= 4 is 23.6 Å². The predicted octanol–water partition coefficient (Wildman–Crippen LogP) is -0.229. The Morgan fingerprint density at radius 2 is 1.79 bits per heavy atom. The molecule has 1 saturated heterocycles. The molecule has 4 amide bonds. The first-order chi connectivity index (χ1) is 8.95. The second-order valence-electron chi connectivity index (χ2n) is 4.62. The number of carbonyl (C=O) groups is 3. The molecule has 0 aromatic heterocycles. The maximum Gasteiger partial charge on any atom is 0.328 e. The lowest BCUT2D eigenvalue weighted by Crippen LogP contribution is -2.57. The van der Waals surface area contributed by atoms with Gasteiger partial charge in [-0.15, -0.1) is 0 Å². The van der Waals surface area contributed by atoms with Gasteiger partial charge in [-0.2, -0.15) is 0 Å². The van der Waals surface area contributed by atoms with Crippen LogP contribution in [0.4, 0.5) is 4.79 Å². The number of aliphatic imine (C=N–C) groups is 1. The van der Waals surface area contributed by atoms with Crippen LogP contribution < -0.4 is 10.6 Å². The van der Waals surface area contributed by atoms with Crippen LogP contribution in [0, 0.1) is 5.92 Å². The van der Waals surface area contributed by atoms with Crippen LogP contribution >= 0.6 is 0 Å². The van der Waals surface area contributed by atoms with Crippen molar-refractivity contribution in [3.8, 4) is 0 Å². The van der Waals surface area contributed by atoms with E-state index < -0.39 is 23.8 Å². The zero-order chi connectivity index (χ0) is 14.4. The van der Waals surface area contributed by atoms with Crippen LogP contribution in [0.5, 0.6) is 0 Å². The minimum Gasteiger partial charge on any atom is -0.309 e. The van der Waals surface area contributed by atoms with Crippen LogP contribution in [-0.4, -0.2) is 55.6 Å². The van der Waals surface area contributed by atoms with Gasteiger partial charge in [0, 0.05) is 12.3 Å². The van der Waals surface area contributed by atoms with E-state index in [4.69, 9.17) is 0 Å². The maximum atomic E-state index is 11.7. The van der Waals surface area contributed by atoms with Gasteiger partial charge in [0.1, 0.15) is 0 Å². The number of nitrogens with zero attached hydrogens (tertiary/aromatic N) is 2. The molecule has 1 aliphatic heterocycles. The Morgan fingerprint density at radius 1 is 1.21 bits per heavy atom. The van der Waals surface area contributed by atoms with Gasteiger partial charge >= 0.3 is 6.03 Å². The number of imide groups is 2. The highest BCUT2D eigenvalue weighted by Gasteiger charge is 2.37. The number of urea groups is 1. The normalized spacial score (nSPS) is 17.7. The highest BCUT2D eigenvalue weighted by molar-refractivity contribution is 6.27. The minimum atomic E-state index is -0.984. The van der Waals surface area contributed by atoms with E-state index in [9.17, 15) is 14.4 Å². The summed E-state index contributed by atoms with van der Waals surface area (Å²) in [6, 6.07) is -0.769. The molecule has 19 heavy (non-hydrogen) atoms. The molecule has 0 aliphatic carbocycles. The van der Waals surface area contributed by atoms with Crippen molar-refractivity contribution in [3.05, 3.63) is 0 Å². The molecule has 0 aromatic carbocycles. The van der Waals surface area contributed by atoms with Gasteiger partial charge in [0.15, 0.2) is 5.92 Å². The average Bonchev–Trinajstić information content (AvgIpc) is 2.30. The fourth-order valence-corrected chi connectivity index (χ4v) is 1.84. The number of amides is 4. The van der Waals surface area contributed by atoms with E-state index in [-0.39, 0.29) is 0 Å². The molecule has 0 unspecified atom stereocenters. The molecule has 0 atom stereocenters. The topological polar surface area (TPSA) is 90.9 Å². The van der Waals surface area contributed by atoms with Gasteiger partial charge < -0.3 is 4.90 Å². The summed E-state index contributed by atoms with van der Waals surface area (Å²) in [6.07, 6.45) is 1.35. The molecule has 0 saturated carbocycles. The Balaban J connectivity index is 2.67. The summed E-state index contributed by atoms with van der Waals surface area (Å²) in [5.74, 6) is -2.18. The van der Waals surface area contributed by atoms with Crippen molar-refractivity contribution in [3.63, 3.8) is 0 Å². The molecule has 1 fully saturated rings. The molecular weight excluding hydrogens is 248 g/mol. The van der Waals surface area contributed by atoms with Gasteiger partial charge in [0.25, 0.3) is 0 Å². The molecule has 0 aromatic rings. The second-order valence-corrected chi connectivity index (χ2v) is 4.62. The monoisotopic (exact) mass is 268 g/mol. The molecule has 7 heteroatoms. The summed E-state index contributed by atoms with van der Waals surface area (Å²) in [7, 11) is 3.94. The smallest absolute Gasteiger partial charge is 0.309 e. The first-order valence-corrected chi connectivity index (χ1v) is 6.29. The van der Waals surface area contributed by atoms with Crippen LogP contribution in [0.2, 0.25) is 0 Å². The molecule has 2 N–H and O–H groups in total. The summed E-state index contributed by atoms with van der Waals surface area (Å²) in [5.41, 5.74) is 0.515. The lowest BCUT2D eigenvalue weighted by molar-refractivity contribution is -0.132. The zero-order valence-electron chi connectivity index (χ0n) is 11.5. The molecule has 7 nitrogen and oxygen atoms in total. The van der Waals surface area contributed by atoms with Crippen molar-refractivity contribution < 1.29 is 14.4 Å². The van der Waals surface area contributed by atoms with E-state index in [1.165, 1.54) is 0 Å². The third-order valence-electron chi connectivity index (χ3n) is 2.77. The van der Waals surface area contributed by atoms with E-state index in [1.807, 2.05) is 25.9 Å². The number of hydrogen-bond donors (Lipinski definition) is 2. The Bertz CT molecular complexity index is 384. The number of rotatable bonds is 6.